The summed E-state index contributed by atoms with van der Waals surface area (Å²) in [6.07, 6.45) is 6.15. The van der Waals surface area contributed by atoms with Gasteiger partial charge in [0.05, 0.1) is 11.5 Å². The minimum atomic E-state index is -1.45. The van der Waals surface area contributed by atoms with E-state index in [1.807, 2.05) is 40.7 Å². The fourth-order valence-electron chi connectivity index (χ4n) is 6.56. The van der Waals surface area contributed by atoms with E-state index in [-0.39, 0.29) is 30.0 Å². The first-order valence-corrected chi connectivity index (χ1v) is 11.3. The molecule has 0 aromatic carbocycles. The number of esters is 1. The van der Waals surface area contributed by atoms with Gasteiger partial charge in [0.2, 0.25) is 0 Å². The molecule has 0 bridgehead atoms. The van der Waals surface area contributed by atoms with Crippen molar-refractivity contribution in [3.8, 4) is 0 Å². The van der Waals surface area contributed by atoms with Gasteiger partial charge in [-0.3, -0.25) is 4.79 Å². The Labute approximate surface area is 184 Å². The summed E-state index contributed by atoms with van der Waals surface area (Å²) in [5.74, 6) is -1.95. The van der Waals surface area contributed by atoms with Crippen LogP contribution < -0.4 is 0 Å². The molecule has 2 N–H and O–H groups in total. The zero-order valence-corrected chi connectivity index (χ0v) is 19.3. The maximum Gasteiger partial charge on any atom is 0.336 e. The van der Waals surface area contributed by atoms with Gasteiger partial charge in [0.1, 0.15) is 23.1 Å². The van der Waals surface area contributed by atoms with Crippen molar-refractivity contribution in [2.75, 3.05) is 0 Å². The monoisotopic (exact) mass is 430 g/mol. The van der Waals surface area contributed by atoms with Crippen LogP contribution in [0.3, 0.4) is 0 Å². The van der Waals surface area contributed by atoms with Crippen molar-refractivity contribution in [2.45, 2.75) is 83.7 Å². The third-order valence-electron chi connectivity index (χ3n) is 8.25. The van der Waals surface area contributed by atoms with Crippen LogP contribution in [0.2, 0.25) is 0 Å². The lowest BCUT2D eigenvalue weighted by atomic mass is 9.53. The molecule has 31 heavy (non-hydrogen) atoms. The van der Waals surface area contributed by atoms with Crippen LogP contribution >= 0.6 is 0 Å². The summed E-state index contributed by atoms with van der Waals surface area (Å²) in [6.45, 7) is 11.4. The molecule has 6 heteroatoms. The number of cyclic esters (lactones) is 1. The minimum Gasteiger partial charge on any atom is -0.423 e. The predicted molar refractivity (Wildman–Crippen MR) is 115 cm³/mol. The van der Waals surface area contributed by atoms with Crippen LogP contribution in [0, 0.1) is 23.7 Å². The molecule has 3 fully saturated rings. The van der Waals surface area contributed by atoms with Gasteiger partial charge in [-0.05, 0) is 70.4 Å². The molecule has 0 aromatic heterocycles. The Bertz CT molecular complexity index is 911. The number of carbonyl (C=O) groups is 2. The minimum absolute atomic E-state index is 0.164. The van der Waals surface area contributed by atoms with Crippen LogP contribution in [0.1, 0.15) is 60.8 Å². The third kappa shape index (κ3) is 3.02. The molecule has 6 nitrogen and oxygen atoms in total. The Kier molecular flexibility index (Phi) is 5.15. The van der Waals surface area contributed by atoms with Gasteiger partial charge in [-0.15, -0.1) is 0 Å². The Morgan fingerprint density at radius 1 is 1.23 bits per heavy atom. The standard InChI is InChI=1S/C25H34O6/c1-13(2)11-19-25(29)16(5)17-8-7-15(4)24(17,28)22(27)21(25)23(6,31-19)10-9-18-14(3)12-20(26)30-18/h9,11-12,15-17,19,21,28-29H,7-8,10H2,1-6H3/b18-9+/t15-,16-,17-,19+,21-,23-,24+,25-/m0/s1. The van der Waals surface area contributed by atoms with Crippen LogP contribution in [0.25, 0.3) is 0 Å². The smallest absolute Gasteiger partial charge is 0.336 e. The molecule has 4 rings (SSSR count). The summed E-state index contributed by atoms with van der Waals surface area (Å²) in [5.41, 5.74) is -2.22. The molecule has 0 aromatic rings. The first kappa shape index (κ1) is 22.4. The normalized spacial score (nSPS) is 47.8. The lowest BCUT2D eigenvalue weighted by Crippen LogP contribution is -2.69. The molecule has 0 spiro atoms. The quantitative estimate of drug-likeness (QED) is 0.528. The number of allylic oxidation sites excluding steroid dienone is 2. The number of hydrogen-bond acceptors (Lipinski definition) is 6. The molecule has 0 unspecified atom stereocenters. The maximum atomic E-state index is 13.9. The van der Waals surface area contributed by atoms with E-state index in [1.54, 1.807) is 13.0 Å². The van der Waals surface area contributed by atoms with Gasteiger partial charge < -0.3 is 19.7 Å². The van der Waals surface area contributed by atoms with Crippen molar-refractivity contribution in [2.24, 2.45) is 23.7 Å². The Morgan fingerprint density at radius 2 is 1.90 bits per heavy atom. The molecule has 1 saturated heterocycles. The van der Waals surface area contributed by atoms with Crippen LogP contribution in [-0.4, -0.2) is 44.9 Å². The van der Waals surface area contributed by atoms with E-state index in [4.69, 9.17) is 9.47 Å². The van der Waals surface area contributed by atoms with Gasteiger partial charge in [-0.25, -0.2) is 4.79 Å². The summed E-state index contributed by atoms with van der Waals surface area (Å²) < 4.78 is 11.7. The average Bonchev–Trinajstić information content (AvgIpc) is 3.23. The summed E-state index contributed by atoms with van der Waals surface area (Å²) >= 11 is 0. The molecule has 170 valence electrons. The highest BCUT2D eigenvalue weighted by molar-refractivity contribution is 5.94. The number of ketones is 1. The molecular formula is C25H34O6. The van der Waals surface area contributed by atoms with E-state index in [9.17, 15) is 19.8 Å². The van der Waals surface area contributed by atoms with Gasteiger partial charge in [0.25, 0.3) is 0 Å². The lowest BCUT2D eigenvalue weighted by Gasteiger charge is -2.52. The molecule has 2 saturated carbocycles. The second-order valence-corrected chi connectivity index (χ2v) is 10.5. The number of aliphatic hydroxyl groups is 2. The van der Waals surface area contributed by atoms with Crippen LogP contribution in [0.15, 0.2) is 35.1 Å². The van der Waals surface area contributed by atoms with E-state index in [1.165, 1.54) is 6.08 Å². The van der Waals surface area contributed by atoms with E-state index in [2.05, 4.69) is 0 Å². The fraction of sp³-hybridized carbons (Fsp3) is 0.680. The molecule has 2 heterocycles. The summed E-state index contributed by atoms with van der Waals surface area (Å²) in [7, 11) is 0. The highest BCUT2D eigenvalue weighted by atomic mass is 16.5. The lowest BCUT2D eigenvalue weighted by molar-refractivity contribution is -0.193. The molecule has 4 aliphatic rings. The number of rotatable bonds is 3. The predicted octanol–water partition coefficient (Wildman–Crippen LogP) is 3.23. The summed E-state index contributed by atoms with van der Waals surface area (Å²) in [6, 6.07) is 0. The van der Waals surface area contributed by atoms with Crippen LogP contribution in [0.4, 0.5) is 0 Å². The second-order valence-electron chi connectivity index (χ2n) is 10.5. The van der Waals surface area contributed by atoms with Crippen molar-refractivity contribution in [1.29, 1.82) is 0 Å². The number of ether oxygens (including phenoxy) is 2. The zero-order valence-electron chi connectivity index (χ0n) is 19.3. The Balaban J connectivity index is 1.80. The van der Waals surface area contributed by atoms with Gasteiger partial charge >= 0.3 is 5.97 Å². The van der Waals surface area contributed by atoms with E-state index < -0.39 is 34.8 Å². The van der Waals surface area contributed by atoms with Crippen molar-refractivity contribution in [3.05, 3.63) is 35.1 Å². The Hall–Kier alpha value is -1.76. The van der Waals surface area contributed by atoms with Crippen molar-refractivity contribution < 1.29 is 29.3 Å². The largest absolute Gasteiger partial charge is 0.423 e. The van der Waals surface area contributed by atoms with Crippen LogP contribution in [-0.2, 0) is 19.1 Å². The van der Waals surface area contributed by atoms with Gasteiger partial charge in [0, 0.05) is 12.0 Å². The molecule has 0 radical (unpaired) electrons. The summed E-state index contributed by atoms with van der Waals surface area (Å²) in [4.78, 5) is 25.5. The third-order valence-corrected chi connectivity index (χ3v) is 8.25. The zero-order chi connectivity index (χ0) is 22.9. The van der Waals surface area contributed by atoms with Gasteiger partial charge in [0.15, 0.2) is 5.78 Å². The first-order chi connectivity index (χ1) is 14.4. The summed E-state index contributed by atoms with van der Waals surface area (Å²) in [5, 5.41) is 23.7. The van der Waals surface area contributed by atoms with Crippen molar-refractivity contribution >= 4 is 11.8 Å². The molecule has 0 amide bonds. The molecule has 2 aliphatic heterocycles. The average molecular weight is 431 g/mol. The first-order valence-electron chi connectivity index (χ1n) is 11.3. The Morgan fingerprint density at radius 3 is 2.48 bits per heavy atom. The molecule has 8 atom stereocenters. The van der Waals surface area contributed by atoms with Crippen LogP contribution in [0.5, 0.6) is 0 Å². The number of Topliss-reactive ketones (excluding diaryl/α,β-unsaturated/α-hetero) is 1. The fourth-order valence-corrected chi connectivity index (χ4v) is 6.56. The van der Waals surface area contributed by atoms with Gasteiger partial charge in [-0.2, -0.15) is 0 Å². The topological polar surface area (TPSA) is 93.1 Å². The van der Waals surface area contributed by atoms with Gasteiger partial charge in [-0.1, -0.05) is 25.5 Å². The maximum absolute atomic E-state index is 13.9. The molecule has 2 aliphatic carbocycles. The molecular weight excluding hydrogens is 396 g/mol. The second kappa shape index (κ2) is 7.12. The van der Waals surface area contributed by atoms with Crippen molar-refractivity contribution in [3.63, 3.8) is 0 Å². The van der Waals surface area contributed by atoms with E-state index in [0.717, 1.165) is 12.0 Å². The van der Waals surface area contributed by atoms with Crippen molar-refractivity contribution in [1.82, 2.24) is 0 Å². The number of fused-ring (bicyclic) bond motifs is 2. The van der Waals surface area contributed by atoms with E-state index >= 15 is 0 Å². The number of hydrogen-bond donors (Lipinski definition) is 2. The highest BCUT2D eigenvalue weighted by Gasteiger charge is 2.75. The highest BCUT2D eigenvalue weighted by Crippen LogP contribution is 2.62. The van der Waals surface area contributed by atoms with E-state index in [0.29, 0.717) is 17.8 Å². The number of carbonyl (C=O) groups excluding carboxylic acids is 2. The SMILES string of the molecule is CC(C)=C[C@H]1O[C@@](C)(C/C=C2/OC(=O)C=C2C)[C@@H]2C(=O)[C@@]3(O)[C@@H](C)CC[C@H]3[C@H](C)[C@@]21O.